The van der Waals surface area contributed by atoms with Gasteiger partial charge in [-0.3, -0.25) is 0 Å². The van der Waals surface area contributed by atoms with E-state index in [4.69, 9.17) is 16.3 Å². The van der Waals surface area contributed by atoms with Crippen molar-refractivity contribution < 1.29 is 18.3 Å². The van der Waals surface area contributed by atoms with Crippen LogP contribution >= 0.6 is 11.6 Å². The Morgan fingerprint density at radius 3 is 2.67 bits per heavy atom. The molecule has 0 aliphatic carbocycles. The lowest BCUT2D eigenvalue weighted by atomic mass is 10.1. The van der Waals surface area contributed by atoms with Crippen LogP contribution in [0.2, 0.25) is 5.02 Å². The van der Waals surface area contributed by atoms with Crippen LogP contribution in [0.5, 0.6) is 5.75 Å². The Labute approximate surface area is 111 Å². The molecule has 1 aliphatic heterocycles. The third kappa shape index (κ3) is 3.37. The maximum atomic E-state index is 11.0. The zero-order valence-corrected chi connectivity index (χ0v) is 11.5. The molecule has 0 bridgehead atoms. The van der Waals surface area contributed by atoms with Crippen molar-refractivity contribution in [2.75, 3.05) is 11.5 Å². The SMILES string of the molecule is CC(O)Cc1ccc(OC2CS(=O)(=O)C2)c(Cl)c1. The average Bonchev–Trinajstić information content (AvgIpc) is 2.18. The molecule has 100 valence electrons. The highest BCUT2D eigenvalue weighted by Gasteiger charge is 2.35. The summed E-state index contributed by atoms with van der Waals surface area (Å²) in [5, 5.41) is 9.72. The summed E-state index contributed by atoms with van der Waals surface area (Å²) >= 11 is 6.05. The van der Waals surface area contributed by atoms with Crippen LogP contribution in [0.4, 0.5) is 0 Å². The van der Waals surface area contributed by atoms with Crippen molar-refractivity contribution in [2.45, 2.75) is 25.6 Å². The largest absolute Gasteiger partial charge is 0.487 e. The van der Waals surface area contributed by atoms with Crippen molar-refractivity contribution in [3.05, 3.63) is 28.8 Å². The molecule has 1 aromatic rings. The van der Waals surface area contributed by atoms with E-state index >= 15 is 0 Å². The molecule has 1 N–H and O–H groups in total. The summed E-state index contributed by atoms with van der Waals surface area (Å²) in [6.45, 7) is 1.71. The minimum absolute atomic E-state index is 0.0543. The number of hydrogen-bond acceptors (Lipinski definition) is 4. The van der Waals surface area contributed by atoms with Gasteiger partial charge in [-0.15, -0.1) is 0 Å². The van der Waals surface area contributed by atoms with Gasteiger partial charge in [-0.2, -0.15) is 0 Å². The summed E-state index contributed by atoms with van der Waals surface area (Å²) in [5.41, 5.74) is 0.920. The Hall–Kier alpha value is -0.780. The van der Waals surface area contributed by atoms with Crippen LogP contribution < -0.4 is 4.74 Å². The molecule has 1 fully saturated rings. The predicted octanol–water partition coefficient (Wildman–Crippen LogP) is 1.44. The first-order valence-electron chi connectivity index (χ1n) is 5.69. The summed E-state index contributed by atoms with van der Waals surface area (Å²) in [4.78, 5) is 0. The first-order chi connectivity index (χ1) is 8.35. The first kappa shape index (κ1) is 13.6. The third-order valence-corrected chi connectivity index (χ3v) is 4.76. The molecule has 1 saturated heterocycles. The maximum Gasteiger partial charge on any atom is 0.157 e. The Bertz CT molecular complexity index is 527. The van der Waals surface area contributed by atoms with Crippen LogP contribution in [0.1, 0.15) is 12.5 Å². The summed E-state index contributed by atoms with van der Waals surface area (Å²) in [5.74, 6) is 0.600. The lowest BCUT2D eigenvalue weighted by molar-refractivity contribution is 0.195. The number of ether oxygens (including phenoxy) is 1. The maximum absolute atomic E-state index is 11.0. The lowest BCUT2D eigenvalue weighted by Gasteiger charge is -2.27. The van der Waals surface area contributed by atoms with Gasteiger partial charge < -0.3 is 9.84 Å². The number of aliphatic hydroxyl groups excluding tert-OH is 1. The van der Waals surface area contributed by atoms with Gasteiger partial charge in [0.2, 0.25) is 0 Å². The topological polar surface area (TPSA) is 63.6 Å². The van der Waals surface area contributed by atoms with Gasteiger partial charge in [0.1, 0.15) is 11.9 Å². The summed E-state index contributed by atoms with van der Waals surface area (Å²) in [6.07, 6.45) is -0.197. The second-order valence-corrected chi connectivity index (χ2v) is 7.20. The third-order valence-electron chi connectivity index (χ3n) is 2.70. The second-order valence-electron chi connectivity index (χ2n) is 4.63. The van der Waals surface area contributed by atoms with E-state index in [0.717, 1.165) is 5.56 Å². The Kier molecular flexibility index (Phi) is 3.84. The highest BCUT2D eigenvalue weighted by atomic mass is 35.5. The van der Waals surface area contributed by atoms with Gasteiger partial charge in [-0.05, 0) is 31.0 Å². The van der Waals surface area contributed by atoms with E-state index < -0.39 is 15.9 Å². The molecule has 0 amide bonds. The van der Waals surface area contributed by atoms with E-state index in [-0.39, 0.29) is 17.6 Å². The van der Waals surface area contributed by atoms with E-state index in [1.54, 1.807) is 19.1 Å². The monoisotopic (exact) mass is 290 g/mol. The number of benzene rings is 1. The normalized spacial score (nSPS) is 20.2. The quantitative estimate of drug-likeness (QED) is 0.911. The molecule has 0 aromatic heterocycles. The summed E-state index contributed by atoms with van der Waals surface area (Å²) in [6, 6.07) is 5.27. The van der Waals surface area contributed by atoms with Crippen molar-refractivity contribution in [1.82, 2.24) is 0 Å². The Morgan fingerprint density at radius 2 is 2.17 bits per heavy atom. The van der Waals surface area contributed by atoms with Gasteiger partial charge in [0.15, 0.2) is 9.84 Å². The molecule has 1 atom stereocenters. The van der Waals surface area contributed by atoms with E-state index in [9.17, 15) is 13.5 Å². The molecule has 0 saturated carbocycles. The van der Waals surface area contributed by atoms with Crippen LogP contribution in [0.25, 0.3) is 0 Å². The van der Waals surface area contributed by atoms with Crippen molar-refractivity contribution in [2.24, 2.45) is 0 Å². The van der Waals surface area contributed by atoms with Crippen molar-refractivity contribution >= 4 is 21.4 Å². The number of sulfone groups is 1. The number of halogens is 1. The highest BCUT2D eigenvalue weighted by Crippen LogP contribution is 2.29. The predicted molar refractivity (Wildman–Crippen MR) is 69.9 cm³/mol. The fraction of sp³-hybridized carbons (Fsp3) is 0.500. The average molecular weight is 291 g/mol. The van der Waals surface area contributed by atoms with Gasteiger partial charge in [0.05, 0.1) is 22.6 Å². The van der Waals surface area contributed by atoms with Crippen LogP contribution in [0, 0.1) is 0 Å². The van der Waals surface area contributed by atoms with Crippen molar-refractivity contribution in [1.29, 1.82) is 0 Å². The Morgan fingerprint density at radius 1 is 1.50 bits per heavy atom. The molecule has 4 nitrogen and oxygen atoms in total. The second kappa shape index (κ2) is 5.07. The minimum atomic E-state index is -2.89. The van der Waals surface area contributed by atoms with Gasteiger partial charge in [0.25, 0.3) is 0 Å². The number of aliphatic hydroxyl groups is 1. The van der Waals surface area contributed by atoms with E-state index in [0.29, 0.717) is 17.2 Å². The zero-order valence-electron chi connectivity index (χ0n) is 9.97. The van der Waals surface area contributed by atoms with E-state index in [2.05, 4.69) is 0 Å². The standard InChI is InChI=1S/C12H15ClO4S/c1-8(14)4-9-2-3-12(11(13)5-9)17-10-6-18(15,16)7-10/h2-3,5,8,10,14H,4,6-7H2,1H3. The molecule has 0 spiro atoms. The zero-order chi connectivity index (χ0) is 13.3. The van der Waals surface area contributed by atoms with Gasteiger partial charge in [0, 0.05) is 0 Å². The Balaban J connectivity index is 2.02. The van der Waals surface area contributed by atoms with Crippen LogP contribution in [-0.4, -0.2) is 37.2 Å². The molecule has 1 aromatic carbocycles. The van der Waals surface area contributed by atoms with Gasteiger partial charge in [-0.1, -0.05) is 17.7 Å². The molecule has 1 heterocycles. The van der Waals surface area contributed by atoms with Crippen LogP contribution in [-0.2, 0) is 16.3 Å². The van der Waals surface area contributed by atoms with E-state index in [1.165, 1.54) is 0 Å². The molecule has 18 heavy (non-hydrogen) atoms. The summed E-state index contributed by atoms with van der Waals surface area (Å²) in [7, 11) is -2.89. The number of rotatable bonds is 4. The van der Waals surface area contributed by atoms with Crippen molar-refractivity contribution in [3.8, 4) is 5.75 Å². The van der Waals surface area contributed by atoms with Gasteiger partial charge >= 0.3 is 0 Å². The first-order valence-corrected chi connectivity index (χ1v) is 7.89. The fourth-order valence-corrected chi connectivity index (χ4v) is 3.29. The minimum Gasteiger partial charge on any atom is -0.487 e. The van der Waals surface area contributed by atoms with Crippen LogP contribution in [0.15, 0.2) is 18.2 Å². The smallest absolute Gasteiger partial charge is 0.157 e. The molecular weight excluding hydrogens is 276 g/mol. The van der Waals surface area contributed by atoms with Crippen LogP contribution in [0.3, 0.4) is 0 Å². The lowest BCUT2D eigenvalue weighted by Crippen LogP contribution is -2.45. The molecule has 0 radical (unpaired) electrons. The fourth-order valence-electron chi connectivity index (χ4n) is 1.87. The van der Waals surface area contributed by atoms with Gasteiger partial charge in [-0.25, -0.2) is 8.42 Å². The molecule has 1 aliphatic rings. The molecule has 2 rings (SSSR count). The molecule has 1 unspecified atom stereocenters. The van der Waals surface area contributed by atoms with E-state index in [1.807, 2.05) is 6.07 Å². The molecule has 6 heteroatoms. The summed E-state index contributed by atoms with van der Waals surface area (Å²) < 4.78 is 27.5. The number of hydrogen-bond donors (Lipinski definition) is 1. The highest BCUT2D eigenvalue weighted by molar-refractivity contribution is 7.92. The van der Waals surface area contributed by atoms with Crippen molar-refractivity contribution in [3.63, 3.8) is 0 Å². The molecular formula is C12H15ClO4S.